The van der Waals surface area contributed by atoms with Crippen molar-refractivity contribution in [1.82, 2.24) is 0 Å². The van der Waals surface area contributed by atoms with Gasteiger partial charge < -0.3 is 4.74 Å². The van der Waals surface area contributed by atoms with Crippen LogP contribution in [0.2, 0.25) is 0 Å². The summed E-state index contributed by atoms with van der Waals surface area (Å²) in [7, 11) is 0. The van der Waals surface area contributed by atoms with Crippen LogP contribution in [0.4, 0.5) is 0 Å². The molecule has 0 spiro atoms. The molecule has 3 aromatic rings. The third-order valence-electron chi connectivity index (χ3n) is 6.82. The van der Waals surface area contributed by atoms with Crippen molar-refractivity contribution in [2.75, 3.05) is 0 Å². The first-order valence-corrected chi connectivity index (χ1v) is 11.9. The van der Waals surface area contributed by atoms with Gasteiger partial charge in [0, 0.05) is 31.6 Å². The van der Waals surface area contributed by atoms with Crippen molar-refractivity contribution in [3.8, 4) is 5.75 Å². The lowest BCUT2D eigenvalue weighted by atomic mass is 9.79. The van der Waals surface area contributed by atoms with E-state index in [2.05, 4.69) is 31.9 Å². The molecule has 1 aliphatic heterocycles. The van der Waals surface area contributed by atoms with Crippen LogP contribution in [-0.4, -0.2) is 17.5 Å². The predicted octanol–water partition coefficient (Wildman–Crippen LogP) is 6.38. The summed E-state index contributed by atoms with van der Waals surface area (Å²) in [5, 5.41) is 0. The van der Waals surface area contributed by atoms with Crippen LogP contribution in [0.15, 0.2) is 81.7 Å². The highest BCUT2D eigenvalue weighted by atomic mass is 79.9. The highest BCUT2D eigenvalue weighted by Crippen LogP contribution is 2.80. The van der Waals surface area contributed by atoms with Crippen molar-refractivity contribution in [2.45, 2.75) is 19.3 Å². The first kappa shape index (κ1) is 21.3. The van der Waals surface area contributed by atoms with Crippen molar-refractivity contribution in [3.63, 3.8) is 0 Å². The monoisotopic (exact) mass is 552 g/mol. The molecule has 0 amide bonds. The van der Waals surface area contributed by atoms with Crippen LogP contribution in [0.5, 0.6) is 5.75 Å². The van der Waals surface area contributed by atoms with Crippen molar-refractivity contribution in [1.29, 1.82) is 0 Å². The molecule has 3 aromatic carbocycles. The molecule has 1 saturated carbocycles. The molecule has 3 atom stereocenters. The van der Waals surface area contributed by atoms with Gasteiger partial charge in [0.2, 0.25) is 0 Å². The predicted molar refractivity (Wildman–Crippen MR) is 127 cm³/mol. The topological polar surface area (TPSA) is 60.4 Å². The Hall–Kier alpha value is -2.57. The number of halogens is 2. The normalized spacial score (nSPS) is 25.3. The number of rotatable bonds is 5. The van der Waals surface area contributed by atoms with E-state index in [0.29, 0.717) is 28.9 Å². The highest BCUT2D eigenvalue weighted by molar-refractivity contribution is 9.10. The number of benzene rings is 3. The number of ether oxygens (including phenoxy) is 1. The largest absolute Gasteiger partial charge is 0.425 e. The molecule has 0 saturated heterocycles. The van der Waals surface area contributed by atoms with Crippen molar-refractivity contribution in [3.05, 3.63) is 98.4 Å². The van der Waals surface area contributed by atoms with Crippen LogP contribution >= 0.6 is 31.9 Å². The number of carbonyl (C=O) groups is 3. The summed E-state index contributed by atoms with van der Waals surface area (Å²) < 4.78 is 7.35. The van der Waals surface area contributed by atoms with Gasteiger partial charge in [-0.25, -0.2) is 0 Å². The molecule has 0 N–H and O–H groups in total. The number of esters is 1. The van der Waals surface area contributed by atoms with E-state index in [1.54, 1.807) is 60.7 Å². The smallest absolute Gasteiger partial charge is 0.327 e. The van der Waals surface area contributed by atoms with Crippen LogP contribution in [0, 0.1) is 10.8 Å². The lowest BCUT2D eigenvalue weighted by Gasteiger charge is -2.23. The van der Waals surface area contributed by atoms with Gasteiger partial charge >= 0.3 is 5.97 Å². The number of hydrogen-bond donors (Lipinski definition) is 0. The highest BCUT2D eigenvalue weighted by Gasteiger charge is 2.88. The zero-order chi connectivity index (χ0) is 22.7. The maximum absolute atomic E-state index is 14.0. The third kappa shape index (κ3) is 2.69. The van der Waals surface area contributed by atoms with Gasteiger partial charge in [-0.15, -0.1) is 0 Å². The quantitative estimate of drug-likeness (QED) is 0.159. The Morgan fingerprint density at radius 1 is 0.875 bits per heavy atom. The summed E-state index contributed by atoms with van der Waals surface area (Å²) in [4.78, 5) is 41.6. The first-order chi connectivity index (χ1) is 15.4. The van der Waals surface area contributed by atoms with Crippen molar-refractivity contribution < 1.29 is 19.1 Å². The molecule has 160 valence electrons. The summed E-state index contributed by atoms with van der Waals surface area (Å²) >= 11 is 6.88. The molecule has 1 aliphatic carbocycles. The maximum atomic E-state index is 14.0. The molecule has 1 fully saturated rings. The van der Waals surface area contributed by atoms with Gasteiger partial charge in [-0.2, -0.15) is 0 Å². The Morgan fingerprint density at radius 3 is 2.16 bits per heavy atom. The lowest BCUT2D eigenvalue weighted by Crippen LogP contribution is -2.39. The molecule has 1 heterocycles. The second kappa shape index (κ2) is 7.49. The Morgan fingerprint density at radius 2 is 1.50 bits per heavy atom. The molecule has 0 radical (unpaired) electrons. The zero-order valence-electron chi connectivity index (χ0n) is 17.1. The van der Waals surface area contributed by atoms with Gasteiger partial charge in [0.05, 0.1) is 5.41 Å². The molecular weight excluding hydrogens is 536 g/mol. The van der Waals surface area contributed by atoms with E-state index in [1.807, 2.05) is 19.1 Å². The SMILES string of the molecule is CC[C@]1(C(=O)c2ccc(Br)cc2)[C@H]2c3cc(Br)ccc3OC(=O)[C@]21C(=O)c1ccccc1. The Labute approximate surface area is 202 Å². The standard InChI is InChI=1S/C26H18Br2O4/c1-2-25(22(29)16-8-10-17(27)11-9-16)21-19-14-18(28)12-13-20(19)32-24(31)26(21,25)23(30)15-6-4-3-5-7-15/h3-14,21H,2H2,1H3/t21-,25-,26-/m1/s1. The zero-order valence-corrected chi connectivity index (χ0v) is 20.3. The van der Waals surface area contributed by atoms with Crippen LogP contribution in [0.25, 0.3) is 0 Å². The fourth-order valence-corrected chi connectivity index (χ4v) is 6.05. The molecular formula is C26H18Br2O4. The van der Waals surface area contributed by atoms with Crippen molar-refractivity contribution in [2.24, 2.45) is 10.8 Å². The summed E-state index contributed by atoms with van der Waals surface area (Å²) in [6.07, 6.45) is 0.326. The van der Waals surface area contributed by atoms with Gasteiger partial charge in [0.15, 0.2) is 17.0 Å². The second-order valence-electron chi connectivity index (χ2n) is 8.17. The minimum absolute atomic E-state index is 0.216. The summed E-state index contributed by atoms with van der Waals surface area (Å²) in [6, 6.07) is 21.0. The second-order valence-corrected chi connectivity index (χ2v) is 10.0. The number of hydrogen-bond acceptors (Lipinski definition) is 4. The Kier molecular flexibility index (Phi) is 4.98. The fraction of sp³-hybridized carbons (Fsp3) is 0.192. The molecule has 2 aliphatic rings. The van der Waals surface area contributed by atoms with Gasteiger partial charge in [-0.05, 0) is 36.8 Å². The summed E-state index contributed by atoms with van der Waals surface area (Å²) in [5.41, 5.74) is -1.26. The molecule has 0 aromatic heterocycles. The van der Waals surface area contributed by atoms with Crippen LogP contribution in [0.3, 0.4) is 0 Å². The van der Waals surface area contributed by atoms with E-state index in [0.717, 1.165) is 8.95 Å². The van der Waals surface area contributed by atoms with E-state index in [9.17, 15) is 14.4 Å². The van der Waals surface area contributed by atoms with Crippen molar-refractivity contribution >= 4 is 49.4 Å². The molecule has 0 bridgehead atoms. The molecule has 0 unspecified atom stereocenters. The number of fused-ring (bicyclic) bond motifs is 3. The third-order valence-corrected chi connectivity index (χ3v) is 7.84. The molecule has 5 rings (SSSR count). The van der Waals surface area contributed by atoms with E-state index < -0.39 is 22.7 Å². The summed E-state index contributed by atoms with van der Waals surface area (Å²) in [5.74, 6) is -1.44. The summed E-state index contributed by atoms with van der Waals surface area (Å²) in [6.45, 7) is 1.86. The average molecular weight is 554 g/mol. The van der Waals surface area contributed by atoms with Crippen LogP contribution in [-0.2, 0) is 4.79 Å². The number of ketones is 2. The Balaban J connectivity index is 1.76. The van der Waals surface area contributed by atoms with Crippen LogP contribution in [0.1, 0.15) is 45.5 Å². The van der Waals surface area contributed by atoms with E-state index in [1.165, 1.54) is 0 Å². The maximum Gasteiger partial charge on any atom is 0.327 e. The molecule has 4 nitrogen and oxygen atoms in total. The lowest BCUT2D eigenvalue weighted by molar-refractivity contribution is -0.140. The fourth-order valence-electron chi connectivity index (χ4n) is 5.41. The minimum atomic E-state index is -1.60. The first-order valence-electron chi connectivity index (χ1n) is 10.3. The van der Waals surface area contributed by atoms with Gasteiger partial charge in [0.25, 0.3) is 0 Å². The van der Waals surface area contributed by atoms with Gasteiger partial charge in [-0.1, -0.05) is 81.2 Å². The molecule has 6 heteroatoms. The molecule has 32 heavy (non-hydrogen) atoms. The van der Waals surface area contributed by atoms with E-state index >= 15 is 0 Å². The number of Topliss-reactive ketones (excluding diaryl/α,β-unsaturated/α-hetero) is 2. The van der Waals surface area contributed by atoms with E-state index in [4.69, 9.17) is 4.74 Å². The number of carbonyl (C=O) groups excluding carboxylic acids is 3. The minimum Gasteiger partial charge on any atom is -0.425 e. The van der Waals surface area contributed by atoms with E-state index in [-0.39, 0.29) is 11.6 Å². The van der Waals surface area contributed by atoms with Crippen LogP contribution < -0.4 is 4.74 Å². The Bertz CT molecular complexity index is 1270. The van der Waals surface area contributed by atoms with Gasteiger partial charge in [0.1, 0.15) is 5.75 Å². The average Bonchev–Trinajstić information content (AvgIpc) is 3.46. The van der Waals surface area contributed by atoms with Gasteiger partial charge in [-0.3, -0.25) is 14.4 Å².